The van der Waals surface area contributed by atoms with Gasteiger partial charge in [-0.15, -0.1) is 22.7 Å². The molecule has 2 aromatic rings. The highest BCUT2D eigenvalue weighted by Gasteiger charge is 2.01. The second-order valence-electron chi connectivity index (χ2n) is 4.17. The Morgan fingerprint density at radius 1 is 0.850 bits per heavy atom. The molecule has 0 aromatic carbocycles. The first kappa shape index (κ1) is 16.4. The Morgan fingerprint density at radius 3 is 1.40 bits per heavy atom. The molecule has 2 aromatic heterocycles. The number of carboxylic acids is 2. The van der Waals surface area contributed by atoms with Gasteiger partial charge in [-0.25, -0.2) is 0 Å². The van der Waals surface area contributed by atoms with Crippen LogP contribution in [0, 0.1) is 13.8 Å². The molecule has 0 aliphatic carbocycles. The van der Waals surface area contributed by atoms with Gasteiger partial charge in [0.1, 0.15) is 0 Å². The van der Waals surface area contributed by atoms with E-state index in [4.69, 9.17) is 10.2 Å². The molecule has 4 nitrogen and oxygen atoms in total. The molecule has 0 spiro atoms. The summed E-state index contributed by atoms with van der Waals surface area (Å²) in [5.74, 6) is -1.52. The lowest BCUT2D eigenvalue weighted by Gasteiger charge is -1.86. The average molecular weight is 312 g/mol. The maximum Gasteiger partial charge on any atom is 0.308 e. The highest BCUT2D eigenvalue weighted by molar-refractivity contribution is 7.12. The summed E-state index contributed by atoms with van der Waals surface area (Å²) < 4.78 is 0. The molecule has 2 N–H and O–H groups in total. The van der Waals surface area contributed by atoms with E-state index in [-0.39, 0.29) is 12.8 Å². The molecular weight excluding hydrogens is 296 g/mol. The minimum atomic E-state index is -0.762. The van der Waals surface area contributed by atoms with E-state index in [9.17, 15) is 9.59 Å². The largest absolute Gasteiger partial charge is 0.481 e. The average Bonchev–Trinajstić information content (AvgIpc) is 2.87. The van der Waals surface area contributed by atoms with Gasteiger partial charge in [-0.05, 0) is 38.1 Å². The Hall–Kier alpha value is -1.66. The lowest BCUT2D eigenvalue weighted by atomic mass is 10.3. The summed E-state index contributed by atoms with van der Waals surface area (Å²) in [6.45, 7) is 3.94. The van der Waals surface area contributed by atoms with Gasteiger partial charge in [-0.2, -0.15) is 0 Å². The number of aryl methyl sites for hydroxylation is 2. The molecule has 6 heteroatoms. The van der Waals surface area contributed by atoms with Gasteiger partial charge in [0.15, 0.2) is 0 Å². The topological polar surface area (TPSA) is 74.6 Å². The normalized spacial score (nSPS) is 9.70. The maximum atomic E-state index is 10.2. The van der Waals surface area contributed by atoms with Gasteiger partial charge in [-0.3, -0.25) is 9.59 Å². The van der Waals surface area contributed by atoms with Crippen LogP contribution in [-0.2, 0) is 22.4 Å². The summed E-state index contributed by atoms with van der Waals surface area (Å²) in [5, 5.41) is 16.8. The third-order valence-corrected chi connectivity index (χ3v) is 4.24. The summed E-state index contributed by atoms with van der Waals surface area (Å²) in [6, 6.07) is 7.58. The van der Waals surface area contributed by atoms with Crippen molar-refractivity contribution in [1.29, 1.82) is 0 Å². The van der Waals surface area contributed by atoms with E-state index < -0.39 is 11.9 Å². The predicted molar refractivity (Wildman–Crippen MR) is 80.8 cm³/mol. The van der Waals surface area contributed by atoms with Gasteiger partial charge in [0, 0.05) is 19.5 Å². The van der Waals surface area contributed by atoms with E-state index in [1.807, 2.05) is 38.1 Å². The molecule has 20 heavy (non-hydrogen) atoms. The Morgan fingerprint density at radius 2 is 1.20 bits per heavy atom. The van der Waals surface area contributed by atoms with Crippen LogP contribution in [0.2, 0.25) is 0 Å². The zero-order chi connectivity index (χ0) is 15.1. The Bertz CT molecular complexity index is 531. The second-order valence-corrected chi connectivity index (χ2v) is 6.91. The molecule has 0 aliphatic rings. The molecule has 2 heterocycles. The predicted octanol–water partition coefficient (Wildman–Crippen LogP) is 3.37. The van der Waals surface area contributed by atoms with E-state index in [0.29, 0.717) is 0 Å². The fourth-order valence-corrected chi connectivity index (χ4v) is 3.22. The molecule has 0 unspecified atom stereocenters. The first-order valence-electron chi connectivity index (χ1n) is 5.91. The van der Waals surface area contributed by atoms with Crippen molar-refractivity contribution in [3.05, 3.63) is 43.8 Å². The van der Waals surface area contributed by atoms with Gasteiger partial charge >= 0.3 is 11.9 Å². The minimum absolute atomic E-state index is 0.151. The molecule has 0 amide bonds. The van der Waals surface area contributed by atoms with Crippen molar-refractivity contribution < 1.29 is 19.8 Å². The Balaban J connectivity index is 0.000000200. The minimum Gasteiger partial charge on any atom is -0.481 e. The van der Waals surface area contributed by atoms with Crippen molar-refractivity contribution in [2.75, 3.05) is 0 Å². The van der Waals surface area contributed by atoms with Crippen molar-refractivity contribution in [2.45, 2.75) is 26.7 Å². The first-order chi connectivity index (χ1) is 9.36. The third kappa shape index (κ3) is 6.49. The number of hydrogen-bond acceptors (Lipinski definition) is 4. The van der Waals surface area contributed by atoms with Crippen molar-refractivity contribution in [1.82, 2.24) is 0 Å². The zero-order valence-corrected chi connectivity index (χ0v) is 12.9. The summed E-state index contributed by atoms with van der Waals surface area (Å²) in [7, 11) is 0. The Kier molecular flexibility index (Phi) is 6.41. The molecular formula is C14H16O4S2. The number of hydrogen-bond donors (Lipinski definition) is 2. The van der Waals surface area contributed by atoms with Gasteiger partial charge in [0.2, 0.25) is 0 Å². The van der Waals surface area contributed by atoms with E-state index in [2.05, 4.69) is 0 Å². The quantitative estimate of drug-likeness (QED) is 0.907. The molecule has 0 saturated heterocycles. The monoisotopic (exact) mass is 312 g/mol. The van der Waals surface area contributed by atoms with Crippen LogP contribution in [-0.4, -0.2) is 22.2 Å². The molecule has 0 bridgehead atoms. The SMILES string of the molecule is Cc1ccc(CC(=O)O)s1.Cc1ccc(CC(=O)O)s1. The molecule has 0 aliphatic heterocycles. The lowest BCUT2D eigenvalue weighted by Crippen LogP contribution is -1.96. The second kappa shape index (κ2) is 7.81. The van der Waals surface area contributed by atoms with Crippen LogP contribution in [0.15, 0.2) is 24.3 Å². The van der Waals surface area contributed by atoms with E-state index in [0.717, 1.165) is 19.5 Å². The number of rotatable bonds is 4. The third-order valence-electron chi connectivity index (χ3n) is 2.24. The number of thiophene rings is 2. The van der Waals surface area contributed by atoms with Crippen molar-refractivity contribution in [3.63, 3.8) is 0 Å². The molecule has 0 radical (unpaired) electrons. The van der Waals surface area contributed by atoms with E-state index >= 15 is 0 Å². The van der Waals surface area contributed by atoms with E-state index in [1.165, 1.54) is 22.7 Å². The van der Waals surface area contributed by atoms with Gasteiger partial charge < -0.3 is 10.2 Å². The fourth-order valence-electron chi connectivity index (χ4n) is 1.46. The van der Waals surface area contributed by atoms with Gasteiger partial charge in [0.25, 0.3) is 0 Å². The lowest BCUT2D eigenvalue weighted by molar-refractivity contribution is -0.137. The molecule has 0 atom stereocenters. The van der Waals surface area contributed by atoms with Crippen LogP contribution in [0.4, 0.5) is 0 Å². The molecule has 108 valence electrons. The number of carbonyl (C=O) groups is 2. The van der Waals surface area contributed by atoms with Crippen LogP contribution < -0.4 is 0 Å². The summed E-state index contributed by atoms with van der Waals surface area (Å²) in [6.07, 6.45) is 0.303. The van der Waals surface area contributed by atoms with Crippen LogP contribution in [0.5, 0.6) is 0 Å². The standard InChI is InChI=1S/2C7H8O2S/c2*1-5-2-3-6(10-5)4-7(8)9/h2*2-3H,4H2,1H3,(H,8,9). The van der Waals surface area contributed by atoms with E-state index in [1.54, 1.807) is 0 Å². The van der Waals surface area contributed by atoms with Crippen molar-refractivity contribution >= 4 is 34.6 Å². The maximum absolute atomic E-state index is 10.2. The Labute approximate surface area is 125 Å². The van der Waals surface area contributed by atoms with Gasteiger partial charge in [0.05, 0.1) is 12.8 Å². The zero-order valence-electron chi connectivity index (χ0n) is 11.3. The highest BCUT2D eigenvalue weighted by atomic mass is 32.1. The van der Waals surface area contributed by atoms with Crippen molar-refractivity contribution in [2.24, 2.45) is 0 Å². The smallest absolute Gasteiger partial charge is 0.308 e. The van der Waals surface area contributed by atoms with Crippen molar-refractivity contribution in [3.8, 4) is 0 Å². The summed E-state index contributed by atoms with van der Waals surface area (Å²) in [5.41, 5.74) is 0. The molecule has 0 fully saturated rings. The fraction of sp³-hybridized carbons (Fsp3) is 0.286. The van der Waals surface area contributed by atoms with Crippen LogP contribution >= 0.6 is 22.7 Å². The number of aliphatic carboxylic acids is 2. The van der Waals surface area contributed by atoms with Crippen LogP contribution in [0.25, 0.3) is 0 Å². The summed E-state index contributed by atoms with van der Waals surface area (Å²) >= 11 is 3.07. The highest BCUT2D eigenvalue weighted by Crippen LogP contribution is 2.15. The number of carboxylic acid groups (broad SMARTS) is 2. The summed E-state index contributed by atoms with van der Waals surface area (Å²) in [4.78, 5) is 24.5. The van der Waals surface area contributed by atoms with Crippen LogP contribution in [0.1, 0.15) is 19.5 Å². The molecule has 0 saturated carbocycles. The van der Waals surface area contributed by atoms with Gasteiger partial charge in [-0.1, -0.05) is 0 Å². The molecule has 2 rings (SSSR count). The van der Waals surface area contributed by atoms with Crippen LogP contribution in [0.3, 0.4) is 0 Å². The first-order valence-corrected chi connectivity index (χ1v) is 7.54.